The lowest BCUT2D eigenvalue weighted by molar-refractivity contribution is 0.563. The Labute approximate surface area is 99.9 Å². The van der Waals surface area contributed by atoms with Crippen LogP contribution in [0.1, 0.15) is 11.1 Å². The SMILES string of the molecule is CN(Cc1ccoc1)c1cccc(C#N)c1N. The van der Waals surface area contributed by atoms with Gasteiger partial charge in [0.25, 0.3) is 0 Å². The maximum absolute atomic E-state index is 8.92. The average Bonchev–Trinajstić information content (AvgIpc) is 2.82. The van der Waals surface area contributed by atoms with Gasteiger partial charge < -0.3 is 15.1 Å². The fraction of sp³-hybridized carbons (Fsp3) is 0.154. The van der Waals surface area contributed by atoms with Gasteiger partial charge in [0.2, 0.25) is 0 Å². The number of hydrogen-bond acceptors (Lipinski definition) is 4. The Hall–Kier alpha value is -2.41. The molecule has 1 aromatic carbocycles. The zero-order valence-corrected chi connectivity index (χ0v) is 9.55. The van der Waals surface area contributed by atoms with E-state index in [2.05, 4.69) is 6.07 Å². The molecule has 0 saturated heterocycles. The van der Waals surface area contributed by atoms with Crippen LogP contribution in [0.15, 0.2) is 41.2 Å². The molecule has 0 radical (unpaired) electrons. The molecule has 2 rings (SSSR count). The van der Waals surface area contributed by atoms with Crippen LogP contribution < -0.4 is 10.6 Å². The van der Waals surface area contributed by atoms with Gasteiger partial charge in [-0.05, 0) is 18.2 Å². The summed E-state index contributed by atoms with van der Waals surface area (Å²) in [5, 5.41) is 8.92. The van der Waals surface area contributed by atoms with Crippen LogP contribution in [-0.4, -0.2) is 7.05 Å². The number of nitrogen functional groups attached to an aromatic ring is 1. The van der Waals surface area contributed by atoms with Crippen molar-refractivity contribution in [1.29, 1.82) is 5.26 Å². The number of nitrogens with zero attached hydrogens (tertiary/aromatic N) is 2. The maximum atomic E-state index is 8.92. The summed E-state index contributed by atoms with van der Waals surface area (Å²) in [5.41, 5.74) is 8.87. The number of para-hydroxylation sites is 1. The maximum Gasteiger partial charge on any atom is 0.101 e. The van der Waals surface area contributed by atoms with Gasteiger partial charge in [0, 0.05) is 19.2 Å². The van der Waals surface area contributed by atoms with Gasteiger partial charge in [-0.3, -0.25) is 0 Å². The summed E-state index contributed by atoms with van der Waals surface area (Å²) in [6.45, 7) is 0.690. The Bertz CT molecular complexity index is 540. The summed E-state index contributed by atoms with van der Waals surface area (Å²) in [4.78, 5) is 1.99. The molecular weight excluding hydrogens is 214 g/mol. The largest absolute Gasteiger partial charge is 0.472 e. The molecule has 17 heavy (non-hydrogen) atoms. The molecule has 86 valence electrons. The van der Waals surface area contributed by atoms with E-state index in [0.29, 0.717) is 17.8 Å². The Kier molecular flexibility index (Phi) is 3.01. The lowest BCUT2D eigenvalue weighted by Crippen LogP contribution is -2.17. The summed E-state index contributed by atoms with van der Waals surface area (Å²) in [5.74, 6) is 0. The van der Waals surface area contributed by atoms with E-state index in [4.69, 9.17) is 15.4 Å². The minimum Gasteiger partial charge on any atom is -0.472 e. The van der Waals surface area contributed by atoms with Crippen LogP contribution >= 0.6 is 0 Å². The number of nitriles is 1. The summed E-state index contributed by atoms with van der Waals surface area (Å²) < 4.78 is 5.02. The molecule has 4 nitrogen and oxygen atoms in total. The topological polar surface area (TPSA) is 66.2 Å². The summed E-state index contributed by atoms with van der Waals surface area (Å²) in [6, 6.07) is 9.42. The van der Waals surface area contributed by atoms with E-state index in [-0.39, 0.29) is 0 Å². The zero-order chi connectivity index (χ0) is 12.3. The molecule has 0 fully saturated rings. The number of furan rings is 1. The lowest BCUT2D eigenvalue weighted by atomic mass is 10.1. The van der Waals surface area contributed by atoms with Crippen molar-refractivity contribution in [3.05, 3.63) is 47.9 Å². The highest BCUT2D eigenvalue weighted by atomic mass is 16.3. The fourth-order valence-corrected chi connectivity index (χ4v) is 1.73. The summed E-state index contributed by atoms with van der Waals surface area (Å²) in [7, 11) is 1.93. The highest BCUT2D eigenvalue weighted by Gasteiger charge is 2.09. The highest BCUT2D eigenvalue weighted by molar-refractivity contribution is 5.73. The Morgan fingerprint density at radius 1 is 1.41 bits per heavy atom. The third-order valence-electron chi connectivity index (χ3n) is 2.61. The van der Waals surface area contributed by atoms with E-state index in [9.17, 15) is 0 Å². The van der Waals surface area contributed by atoms with Crippen LogP contribution in [0.25, 0.3) is 0 Å². The molecule has 0 atom stereocenters. The minimum absolute atomic E-state index is 0.501. The van der Waals surface area contributed by atoms with E-state index in [1.165, 1.54) is 0 Å². The zero-order valence-electron chi connectivity index (χ0n) is 9.55. The van der Waals surface area contributed by atoms with E-state index in [1.807, 2.05) is 30.1 Å². The van der Waals surface area contributed by atoms with Crippen molar-refractivity contribution in [2.45, 2.75) is 6.54 Å². The first-order chi connectivity index (χ1) is 8.22. The minimum atomic E-state index is 0.501. The second-order valence-corrected chi connectivity index (χ2v) is 3.84. The molecule has 0 aliphatic carbocycles. The van der Waals surface area contributed by atoms with Gasteiger partial charge in [-0.2, -0.15) is 5.26 Å². The molecule has 0 aliphatic rings. The summed E-state index contributed by atoms with van der Waals surface area (Å²) >= 11 is 0. The molecule has 4 heteroatoms. The Balaban J connectivity index is 2.25. The van der Waals surface area contributed by atoms with E-state index in [1.54, 1.807) is 18.6 Å². The molecule has 1 aromatic heterocycles. The van der Waals surface area contributed by atoms with Crippen molar-refractivity contribution in [3.63, 3.8) is 0 Å². The number of anilines is 2. The number of benzene rings is 1. The van der Waals surface area contributed by atoms with Crippen molar-refractivity contribution in [1.82, 2.24) is 0 Å². The first-order valence-corrected chi connectivity index (χ1v) is 5.23. The molecule has 1 heterocycles. The molecule has 0 amide bonds. The van der Waals surface area contributed by atoms with Crippen molar-refractivity contribution >= 4 is 11.4 Å². The lowest BCUT2D eigenvalue weighted by Gasteiger charge is -2.20. The predicted octanol–water partition coefficient (Wildman–Crippen LogP) is 2.37. The molecule has 2 aromatic rings. The first-order valence-electron chi connectivity index (χ1n) is 5.23. The predicted molar refractivity (Wildman–Crippen MR) is 66.4 cm³/mol. The van der Waals surface area contributed by atoms with Crippen LogP contribution in [0.2, 0.25) is 0 Å². The average molecular weight is 227 g/mol. The normalized spacial score (nSPS) is 9.88. The second-order valence-electron chi connectivity index (χ2n) is 3.84. The van der Waals surface area contributed by atoms with E-state index >= 15 is 0 Å². The molecule has 0 aliphatic heterocycles. The van der Waals surface area contributed by atoms with Gasteiger partial charge in [0.1, 0.15) is 6.07 Å². The third-order valence-corrected chi connectivity index (χ3v) is 2.61. The first kappa shape index (κ1) is 11.1. The molecule has 0 spiro atoms. The third kappa shape index (κ3) is 2.23. The highest BCUT2D eigenvalue weighted by Crippen LogP contribution is 2.26. The Morgan fingerprint density at radius 2 is 2.24 bits per heavy atom. The van der Waals surface area contributed by atoms with Crippen LogP contribution in [0.5, 0.6) is 0 Å². The van der Waals surface area contributed by atoms with Gasteiger partial charge in [0.15, 0.2) is 0 Å². The van der Waals surface area contributed by atoms with Crippen LogP contribution in [0, 0.1) is 11.3 Å². The monoisotopic (exact) mass is 227 g/mol. The standard InChI is InChI=1S/C13H13N3O/c1-16(8-10-5-6-17-9-10)12-4-2-3-11(7-14)13(12)15/h2-6,9H,8,15H2,1H3. The van der Waals surface area contributed by atoms with E-state index in [0.717, 1.165) is 11.3 Å². The second kappa shape index (κ2) is 4.62. The molecular formula is C13H13N3O. The van der Waals surface area contributed by atoms with E-state index < -0.39 is 0 Å². The molecule has 0 unspecified atom stereocenters. The number of nitrogens with two attached hydrogens (primary N) is 1. The molecule has 2 N–H and O–H groups in total. The quantitative estimate of drug-likeness (QED) is 0.817. The van der Waals surface area contributed by atoms with Crippen LogP contribution in [0.4, 0.5) is 11.4 Å². The smallest absolute Gasteiger partial charge is 0.101 e. The number of rotatable bonds is 3. The van der Waals surface area contributed by atoms with Gasteiger partial charge in [0.05, 0.1) is 29.5 Å². The van der Waals surface area contributed by atoms with Gasteiger partial charge in [-0.15, -0.1) is 0 Å². The Morgan fingerprint density at radius 3 is 2.88 bits per heavy atom. The van der Waals surface area contributed by atoms with Crippen LogP contribution in [-0.2, 0) is 6.54 Å². The summed E-state index contributed by atoms with van der Waals surface area (Å²) in [6.07, 6.45) is 3.33. The van der Waals surface area contributed by atoms with Gasteiger partial charge in [-0.1, -0.05) is 6.07 Å². The molecule has 0 bridgehead atoms. The van der Waals surface area contributed by atoms with Gasteiger partial charge >= 0.3 is 0 Å². The van der Waals surface area contributed by atoms with Crippen LogP contribution in [0.3, 0.4) is 0 Å². The molecule has 0 saturated carbocycles. The number of hydrogen-bond donors (Lipinski definition) is 1. The van der Waals surface area contributed by atoms with Crippen molar-refractivity contribution < 1.29 is 4.42 Å². The van der Waals surface area contributed by atoms with Crippen molar-refractivity contribution in [2.75, 3.05) is 17.7 Å². The van der Waals surface area contributed by atoms with Gasteiger partial charge in [-0.25, -0.2) is 0 Å². The van der Waals surface area contributed by atoms with Crippen molar-refractivity contribution in [3.8, 4) is 6.07 Å². The fourth-order valence-electron chi connectivity index (χ4n) is 1.73. The van der Waals surface area contributed by atoms with Crippen molar-refractivity contribution in [2.24, 2.45) is 0 Å².